The van der Waals surface area contributed by atoms with Crippen molar-refractivity contribution < 1.29 is 5.11 Å². The lowest BCUT2D eigenvalue weighted by atomic mass is 9.96. The fourth-order valence-electron chi connectivity index (χ4n) is 0.897. The predicted molar refractivity (Wildman–Crippen MR) is 47.6 cm³/mol. The van der Waals surface area contributed by atoms with Gasteiger partial charge in [-0.15, -0.1) is 0 Å². The molecule has 1 heterocycles. The standard InChI is InChI=1S/C9H14N2O/c1-7-3-4-8(5-11-7)9(2,10)6-12/h3-5,12H,6,10H2,1-2H3/t9-/m1/s1. The van der Waals surface area contributed by atoms with Gasteiger partial charge in [0.25, 0.3) is 0 Å². The molecule has 0 fully saturated rings. The number of rotatable bonds is 2. The summed E-state index contributed by atoms with van der Waals surface area (Å²) in [5, 5.41) is 8.96. The minimum Gasteiger partial charge on any atom is -0.394 e. The van der Waals surface area contributed by atoms with E-state index < -0.39 is 5.54 Å². The van der Waals surface area contributed by atoms with Crippen molar-refractivity contribution in [3.8, 4) is 0 Å². The molecule has 3 heteroatoms. The highest BCUT2D eigenvalue weighted by Gasteiger charge is 2.19. The molecule has 0 unspecified atom stereocenters. The van der Waals surface area contributed by atoms with Crippen LogP contribution in [0.2, 0.25) is 0 Å². The van der Waals surface area contributed by atoms with Gasteiger partial charge in [0, 0.05) is 11.9 Å². The van der Waals surface area contributed by atoms with E-state index in [1.54, 1.807) is 13.1 Å². The number of aryl methyl sites for hydroxylation is 1. The van der Waals surface area contributed by atoms with E-state index in [9.17, 15) is 0 Å². The highest BCUT2D eigenvalue weighted by Crippen LogP contribution is 2.15. The van der Waals surface area contributed by atoms with Gasteiger partial charge in [0.2, 0.25) is 0 Å². The van der Waals surface area contributed by atoms with Gasteiger partial charge in [0.1, 0.15) is 0 Å². The van der Waals surface area contributed by atoms with Crippen LogP contribution < -0.4 is 5.73 Å². The molecule has 1 rings (SSSR count). The number of hydrogen-bond acceptors (Lipinski definition) is 3. The van der Waals surface area contributed by atoms with Gasteiger partial charge in [0.05, 0.1) is 12.1 Å². The molecule has 3 nitrogen and oxygen atoms in total. The number of aliphatic hydroxyl groups is 1. The summed E-state index contributed by atoms with van der Waals surface area (Å²) in [7, 11) is 0. The first-order valence-corrected chi connectivity index (χ1v) is 3.89. The minimum atomic E-state index is -0.680. The molecule has 1 aromatic rings. The Morgan fingerprint density at radius 2 is 2.25 bits per heavy atom. The van der Waals surface area contributed by atoms with E-state index in [4.69, 9.17) is 10.8 Å². The van der Waals surface area contributed by atoms with Gasteiger partial charge in [-0.1, -0.05) is 6.07 Å². The summed E-state index contributed by atoms with van der Waals surface area (Å²) < 4.78 is 0. The van der Waals surface area contributed by atoms with Crippen LogP contribution in [0.25, 0.3) is 0 Å². The Bertz CT molecular complexity index is 254. The lowest BCUT2D eigenvalue weighted by molar-refractivity contribution is 0.210. The smallest absolute Gasteiger partial charge is 0.0651 e. The monoisotopic (exact) mass is 166 g/mol. The average molecular weight is 166 g/mol. The van der Waals surface area contributed by atoms with Crippen LogP contribution in [0, 0.1) is 6.92 Å². The normalized spacial score (nSPS) is 15.7. The molecule has 3 N–H and O–H groups in total. The number of nitrogens with zero attached hydrogens (tertiary/aromatic N) is 1. The van der Waals surface area contributed by atoms with Gasteiger partial charge in [-0.25, -0.2) is 0 Å². The van der Waals surface area contributed by atoms with E-state index in [2.05, 4.69) is 4.98 Å². The second-order valence-corrected chi connectivity index (χ2v) is 3.26. The molecule has 0 aromatic carbocycles. The zero-order valence-corrected chi connectivity index (χ0v) is 7.41. The second kappa shape index (κ2) is 3.21. The van der Waals surface area contributed by atoms with Crippen molar-refractivity contribution in [3.63, 3.8) is 0 Å². The molecular weight excluding hydrogens is 152 g/mol. The van der Waals surface area contributed by atoms with Crippen molar-refractivity contribution >= 4 is 0 Å². The lowest BCUT2D eigenvalue weighted by Crippen LogP contribution is -2.37. The molecule has 12 heavy (non-hydrogen) atoms. The molecule has 0 saturated heterocycles. The van der Waals surface area contributed by atoms with Crippen LogP contribution in [-0.2, 0) is 5.54 Å². The summed E-state index contributed by atoms with van der Waals surface area (Å²) in [6.07, 6.45) is 1.70. The van der Waals surface area contributed by atoms with E-state index >= 15 is 0 Å². The van der Waals surface area contributed by atoms with E-state index in [0.717, 1.165) is 11.3 Å². The van der Waals surface area contributed by atoms with Crippen molar-refractivity contribution in [2.24, 2.45) is 5.73 Å². The van der Waals surface area contributed by atoms with E-state index in [0.29, 0.717) is 0 Å². The quantitative estimate of drug-likeness (QED) is 0.674. The van der Waals surface area contributed by atoms with Gasteiger partial charge >= 0.3 is 0 Å². The molecule has 0 aliphatic heterocycles. The number of hydrogen-bond donors (Lipinski definition) is 2. The predicted octanol–water partition coefficient (Wildman–Crippen LogP) is 0.556. The summed E-state index contributed by atoms with van der Waals surface area (Å²) in [5.41, 5.74) is 6.93. The van der Waals surface area contributed by atoms with Gasteiger partial charge in [-0.05, 0) is 25.5 Å². The summed E-state index contributed by atoms with van der Waals surface area (Å²) in [6, 6.07) is 3.77. The van der Waals surface area contributed by atoms with Crippen LogP contribution in [0.4, 0.5) is 0 Å². The van der Waals surface area contributed by atoms with Gasteiger partial charge in [-0.2, -0.15) is 0 Å². The van der Waals surface area contributed by atoms with Crippen molar-refractivity contribution in [2.75, 3.05) is 6.61 Å². The topological polar surface area (TPSA) is 59.1 Å². The van der Waals surface area contributed by atoms with Crippen molar-refractivity contribution in [1.82, 2.24) is 4.98 Å². The third-order valence-electron chi connectivity index (χ3n) is 1.90. The van der Waals surface area contributed by atoms with Crippen molar-refractivity contribution in [2.45, 2.75) is 19.4 Å². The zero-order chi connectivity index (χ0) is 9.19. The molecule has 66 valence electrons. The van der Waals surface area contributed by atoms with Gasteiger partial charge < -0.3 is 10.8 Å². The Kier molecular flexibility index (Phi) is 2.45. The first kappa shape index (κ1) is 9.16. The Balaban J connectivity index is 2.96. The van der Waals surface area contributed by atoms with Crippen LogP contribution in [0.3, 0.4) is 0 Å². The van der Waals surface area contributed by atoms with Crippen LogP contribution in [0.1, 0.15) is 18.2 Å². The Morgan fingerprint density at radius 3 is 2.67 bits per heavy atom. The summed E-state index contributed by atoms with van der Waals surface area (Å²) in [4.78, 5) is 4.10. The average Bonchev–Trinajstić information content (AvgIpc) is 2.05. The Labute approximate surface area is 72.2 Å². The highest BCUT2D eigenvalue weighted by atomic mass is 16.3. The first-order valence-electron chi connectivity index (χ1n) is 3.89. The van der Waals surface area contributed by atoms with E-state index in [1.807, 2.05) is 19.1 Å². The lowest BCUT2D eigenvalue weighted by Gasteiger charge is -2.21. The molecular formula is C9H14N2O. The molecule has 0 aliphatic carbocycles. The number of aromatic nitrogens is 1. The van der Waals surface area contributed by atoms with Crippen LogP contribution in [-0.4, -0.2) is 16.7 Å². The van der Waals surface area contributed by atoms with Crippen LogP contribution in [0.5, 0.6) is 0 Å². The Morgan fingerprint density at radius 1 is 1.58 bits per heavy atom. The van der Waals surface area contributed by atoms with E-state index in [-0.39, 0.29) is 6.61 Å². The highest BCUT2D eigenvalue weighted by molar-refractivity contribution is 5.21. The molecule has 1 atom stereocenters. The molecule has 0 spiro atoms. The van der Waals surface area contributed by atoms with Crippen LogP contribution >= 0.6 is 0 Å². The minimum absolute atomic E-state index is 0.0717. The molecule has 0 bridgehead atoms. The molecule has 0 aliphatic rings. The summed E-state index contributed by atoms with van der Waals surface area (Å²) >= 11 is 0. The van der Waals surface area contributed by atoms with Crippen molar-refractivity contribution in [3.05, 3.63) is 29.6 Å². The maximum Gasteiger partial charge on any atom is 0.0651 e. The molecule has 0 saturated carbocycles. The van der Waals surface area contributed by atoms with E-state index in [1.165, 1.54) is 0 Å². The fraction of sp³-hybridized carbons (Fsp3) is 0.444. The Hall–Kier alpha value is -0.930. The maximum absolute atomic E-state index is 8.96. The summed E-state index contributed by atoms with van der Waals surface area (Å²) in [6.45, 7) is 3.62. The van der Waals surface area contributed by atoms with Crippen molar-refractivity contribution in [1.29, 1.82) is 0 Å². The SMILES string of the molecule is Cc1ccc([C@](C)(N)CO)cn1. The first-order chi connectivity index (χ1) is 5.56. The molecule has 0 radical (unpaired) electrons. The second-order valence-electron chi connectivity index (χ2n) is 3.26. The van der Waals surface area contributed by atoms with Crippen LogP contribution in [0.15, 0.2) is 18.3 Å². The number of aliphatic hydroxyl groups excluding tert-OH is 1. The zero-order valence-electron chi connectivity index (χ0n) is 7.41. The third-order valence-corrected chi connectivity index (χ3v) is 1.90. The maximum atomic E-state index is 8.96. The fourth-order valence-corrected chi connectivity index (χ4v) is 0.897. The molecule has 1 aromatic heterocycles. The molecule has 0 amide bonds. The number of pyridine rings is 1. The largest absolute Gasteiger partial charge is 0.394 e. The summed E-state index contributed by atoms with van der Waals surface area (Å²) in [5.74, 6) is 0. The van der Waals surface area contributed by atoms with Gasteiger partial charge in [-0.3, -0.25) is 4.98 Å². The third kappa shape index (κ3) is 1.81. The number of nitrogens with two attached hydrogens (primary N) is 1. The van der Waals surface area contributed by atoms with Gasteiger partial charge in [0.15, 0.2) is 0 Å².